The molecule has 104 valence electrons. The number of aldehydes is 1. The summed E-state index contributed by atoms with van der Waals surface area (Å²) in [5, 5.41) is 9.30. The molecule has 1 atom stereocenters. The Hall–Kier alpha value is -1.84. The maximum Gasteiger partial charge on any atom is 0.408 e. The lowest BCUT2D eigenvalue weighted by atomic mass is 9.99. The summed E-state index contributed by atoms with van der Waals surface area (Å²) in [7, 11) is 0. The number of benzene rings is 1. The molecule has 4 heteroatoms. The Morgan fingerprint density at radius 1 is 1.32 bits per heavy atom. The van der Waals surface area contributed by atoms with E-state index in [1.807, 2.05) is 31.2 Å². The molecule has 0 radical (unpaired) electrons. The molecule has 1 aromatic rings. The molecule has 0 unspecified atom stereocenters. The average Bonchev–Trinajstić information content (AvgIpc) is 2.28. The summed E-state index contributed by atoms with van der Waals surface area (Å²) in [6.07, 6.45) is 0.0313. The van der Waals surface area contributed by atoms with Crippen molar-refractivity contribution in [3.05, 3.63) is 35.4 Å². The van der Waals surface area contributed by atoms with Crippen LogP contribution in [0.4, 0.5) is 4.79 Å². The number of aryl methyl sites for hydroxylation is 1. The van der Waals surface area contributed by atoms with Crippen molar-refractivity contribution in [3.8, 4) is 0 Å². The highest BCUT2D eigenvalue weighted by Crippen LogP contribution is 2.19. The Labute approximate surface area is 114 Å². The van der Waals surface area contributed by atoms with Gasteiger partial charge < -0.3 is 9.90 Å². The molecule has 0 saturated heterocycles. The van der Waals surface area contributed by atoms with Crippen LogP contribution in [-0.4, -0.2) is 34.0 Å². The summed E-state index contributed by atoms with van der Waals surface area (Å²) in [6, 6.07) is 7.10. The van der Waals surface area contributed by atoms with E-state index in [4.69, 9.17) is 0 Å². The van der Waals surface area contributed by atoms with Crippen LogP contribution in [0.15, 0.2) is 24.3 Å². The highest BCUT2D eigenvalue weighted by atomic mass is 16.4. The average molecular weight is 263 g/mol. The Balaban J connectivity index is 2.96. The fourth-order valence-corrected chi connectivity index (χ4v) is 2.09. The van der Waals surface area contributed by atoms with Crippen molar-refractivity contribution < 1.29 is 14.7 Å². The number of nitrogens with zero attached hydrogens (tertiary/aromatic N) is 1. The molecule has 0 spiro atoms. The Morgan fingerprint density at radius 3 is 2.21 bits per heavy atom. The normalized spacial score (nSPS) is 12.8. The van der Waals surface area contributed by atoms with Crippen molar-refractivity contribution in [2.24, 2.45) is 0 Å². The summed E-state index contributed by atoms with van der Waals surface area (Å²) < 4.78 is 0. The van der Waals surface area contributed by atoms with E-state index in [2.05, 4.69) is 0 Å². The zero-order chi connectivity index (χ0) is 14.6. The molecule has 0 fully saturated rings. The monoisotopic (exact) mass is 263 g/mol. The first-order chi connectivity index (χ1) is 8.75. The van der Waals surface area contributed by atoms with Crippen LogP contribution in [0.5, 0.6) is 0 Å². The van der Waals surface area contributed by atoms with E-state index in [0.29, 0.717) is 12.7 Å². The van der Waals surface area contributed by atoms with Crippen LogP contribution in [0.2, 0.25) is 0 Å². The van der Waals surface area contributed by atoms with E-state index >= 15 is 0 Å². The number of carboxylic acid groups (broad SMARTS) is 1. The molecule has 0 saturated carbocycles. The predicted molar refractivity (Wildman–Crippen MR) is 74.4 cm³/mol. The van der Waals surface area contributed by atoms with Crippen LogP contribution in [0, 0.1) is 6.92 Å². The lowest BCUT2D eigenvalue weighted by Crippen LogP contribution is -2.52. The van der Waals surface area contributed by atoms with Gasteiger partial charge in [-0.3, -0.25) is 4.90 Å². The molecular formula is C15H21NO3. The lowest BCUT2D eigenvalue weighted by molar-refractivity contribution is -0.113. The Morgan fingerprint density at radius 2 is 1.84 bits per heavy atom. The lowest BCUT2D eigenvalue weighted by Gasteiger charge is -2.37. The third-order valence-electron chi connectivity index (χ3n) is 2.98. The standard InChI is InChI=1S/C15H21NO3/c1-11-5-7-12(8-6-11)9-13(10-17)16(14(18)19)15(2,3)4/h5-8,10,13H,9H2,1-4H3,(H,18,19)/t13-/m0/s1. The molecule has 0 aliphatic heterocycles. The third kappa shape index (κ3) is 4.09. The van der Waals surface area contributed by atoms with Crippen molar-refractivity contribution in [3.63, 3.8) is 0 Å². The topological polar surface area (TPSA) is 57.6 Å². The highest BCUT2D eigenvalue weighted by Gasteiger charge is 2.33. The summed E-state index contributed by atoms with van der Waals surface area (Å²) in [4.78, 5) is 23.8. The summed E-state index contributed by atoms with van der Waals surface area (Å²) in [6.45, 7) is 7.34. The molecule has 0 aromatic heterocycles. The van der Waals surface area contributed by atoms with Crippen LogP contribution in [0.3, 0.4) is 0 Å². The van der Waals surface area contributed by atoms with Crippen LogP contribution in [0.1, 0.15) is 31.9 Å². The summed E-state index contributed by atoms with van der Waals surface area (Å²) in [5.41, 5.74) is 1.48. The molecule has 0 aliphatic carbocycles. The number of hydrogen-bond acceptors (Lipinski definition) is 2. The van der Waals surface area contributed by atoms with Crippen LogP contribution in [-0.2, 0) is 11.2 Å². The second kappa shape index (κ2) is 5.87. The van der Waals surface area contributed by atoms with Gasteiger partial charge in [-0.05, 0) is 39.7 Å². The van der Waals surface area contributed by atoms with Crippen molar-refractivity contribution in [1.82, 2.24) is 4.90 Å². The smallest absolute Gasteiger partial charge is 0.408 e. The van der Waals surface area contributed by atoms with Gasteiger partial charge in [-0.1, -0.05) is 29.8 Å². The SMILES string of the molecule is Cc1ccc(C[C@@H](C=O)N(C(=O)O)C(C)(C)C)cc1. The van der Waals surface area contributed by atoms with E-state index in [1.165, 1.54) is 4.90 Å². The van der Waals surface area contributed by atoms with Gasteiger partial charge in [0.1, 0.15) is 6.29 Å². The van der Waals surface area contributed by atoms with Gasteiger partial charge in [0.25, 0.3) is 0 Å². The van der Waals surface area contributed by atoms with Gasteiger partial charge in [0.05, 0.1) is 6.04 Å². The van der Waals surface area contributed by atoms with E-state index in [9.17, 15) is 14.7 Å². The van der Waals surface area contributed by atoms with Gasteiger partial charge >= 0.3 is 6.09 Å². The van der Waals surface area contributed by atoms with Crippen molar-refractivity contribution in [2.45, 2.75) is 45.7 Å². The van der Waals surface area contributed by atoms with E-state index in [-0.39, 0.29) is 0 Å². The van der Waals surface area contributed by atoms with Gasteiger partial charge in [-0.2, -0.15) is 0 Å². The second-order valence-electron chi connectivity index (χ2n) is 5.72. The quantitative estimate of drug-likeness (QED) is 0.850. The zero-order valence-electron chi connectivity index (χ0n) is 11.9. The van der Waals surface area contributed by atoms with Gasteiger partial charge in [0.15, 0.2) is 0 Å². The zero-order valence-corrected chi connectivity index (χ0v) is 11.9. The van der Waals surface area contributed by atoms with Gasteiger partial charge in [0, 0.05) is 5.54 Å². The fourth-order valence-electron chi connectivity index (χ4n) is 2.09. The van der Waals surface area contributed by atoms with Gasteiger partial charge in [0.2, 0.25) is 0 Å². The van der Waals surface area contributed by atoms with Crippen LogP contribution >= 0.6 is 0 Å². The first kappa shape index (κ1) is 15.2. The fraction of sp³-hybridized carbons (Fsp3) is 0.467. The van der Waals surface area contributed by atoms with Crippen molar-refractivity contribution in [1.29, 1.82) is 0 Å². The van der Waals surface area contributed by atoms with E-state index < -0.39 is 17.7 Å². The predicted octanol–water partition coefficient (Wildman–Crippen LogP) is 2.88. The van der Waals surface area contributed by atoms with Crippen molar-refractivity contribution in [2.75, 3.05) is 0 Å². The number of hydrogen-bond donors (Lipinski definition) is 1. The molecule has 1 rings (SSSR count). The number of carbonyl (C=O) groups excluding carboxylic acids is 1. The summed E-state index contributed by atoms with van der Waals surface area (Å²) >= 11 is 0. The molecule has 1 amide bonds. The van der Waals surface area contributed by atoms with Crippen LogP contribution in [0.25, 0.3) is 0 Å². The van der Waals surface area contributed by atoms with Crippen LogP contribution < -0.4 is 0 Å². The molecule has 1 N–H and O–H groups in total. The largest absolute Gasteiger partial charge is 0.465 e. The minimum absolute atomic E-state index is 0.396. The number of rotatable bonds is 4. The molecule has 19 heavy (non-hydrogen) atoms. The van der Waals surface area contributed by atoms with Gasteiger partial charge in [-0.25, -0.2) is 4.79 Å². The minimum Gasteiger partial charge on any atom is -0.465 e. The summed E-state index contributed by atoms with van der Waals surface area (Å²) in [5.74, 6) is 0. The first-order valence-electron chi connectivity index (χ1n) is 6.29. The Bertz CT molecular complexity index is 445. The Kier molecular flexibility index (Phi) is 4.70. The number of carbonyl (C=O) groups is 2. The molecule has 0 bridgehead atoms. The second-order valence-corrected chi connectivity index (χ2v) is 5.72. The minimum atomic E-state index is -1.07. The van der Waals surface area contributed by atoms with E-state index in [1.54, 1.807) is 20.8 Å². The molecule has 1 aromatic carbocycles. The number of amides is 1. The first-order valence-corrected chi connectivity index (χ1v) is 6.29. The highest BCUT2D eigenvalue weighted by molar-refractivity contribution is 5.73. The maximum atomic E-state index is 11.4. The molecule has 4 nitrogen and oxygen atoms in total. The molecule has 0 aliphatic rings. The van der Waals surface area contributed by atoms with Gasteiger partial charge in [-0.15, -0.1) is 0 Å². The third-order valence-corrected chi connectivity index (χ3v) is 2.98. The van der Waals surface area contributed by atoms with E-state index in [0.717, 1.165) is 11.1 Å². The van der Waals surface area contributed by atoms with Crippen molar-refractivity contribution >= 4 is 12.4 Å². The maximum absolute atomic E-state index is 11.4. The molecule has 0 heterocycles. The molecular weight excluding hydrogens is 242 g/mol.